The van der Waals surface area contributed by atoms with Crippen LogP contribution in [0.15, 0.2) is 54.6 Å². The first-order valence-corrected chi connectivity index (χ1v) is 10.4. The molecule has 2 aliphatic rings. The summed E-state index contributed by atoms with van der Waals surface area (Å²) in [6, 6.07) is 17.2. The Hall–Kier alpha value is -2.20. The molecule has 2 saturated heterocycles. The van der Waals surface area contributed by atoms with Gasteiger partial charge in [-0.3, -0.25) is 4.79 Å². The summed E-state index contributed by atoms with van der Waals surface area (Å²) >= 11 is 0. The van der Waals surface area contributed by atoms with E-state index in [0.717, 1.165) is 51.0 Å². The fourth-order valence-corrected chi connectivity index (χ4v) is 4.67. The van der Waals surface area contributed by atoms with Crippen molar-refractivity contribution in [2.24, 2.45) is 5.41 Å². The van der Waals surface area contributed by atoms with Gasteiger partial charge < -0.3 is 9.80 Å². The van der Waals surface area contributed by atoms with Crippen LogP contribution in [-0.4, -0.2) is 41.9 Å². The second-order valence-electron chi connectivity index (χ2n) is 8.48. The third-order valence-corrected chi connectivity index (χ3v) is 6.39. The molecule has 2 aromatic rings. The van der Waals surface area contributed by atoms with Crippen LogP contribution in [0.5, 0.6) is 0 Å². The Morgan fingerprint density at radius 1 is 0.929 bits per heavy atom. The molecule has 0 bridgehead atoms. The topological polar surface area (TPSA) is 23.6 Å². The van der Waals surface area contributed by atoms with E-state index in [9.17, 15) is 9.18 Å². The van der Waals surface area contributed by atoms with E-state index >= 15 is 0 Å². The van der Waals surface area contributed by atoms with Gasteiger partial charge in [0.15, 0.2) is 0 Å². The molecule has 28 heavy (non-hydrogen) atoms. The Labute approximate surface area is 167 Å². The van der Waals surface area contributed by atoms with Crippen molar-refractivity contribution >= 4 is 5.91 Å². The number of rotatable bonds is 6. The van der Waals surface area contributed by atoms with Gasteiger partial charge in [0.2, 0.25) is 5.91 Å². The molecule has 0 aliphatic carbocycles. The standard InChI is InChI=1S/C24H29FN2O/c25-22-10-8-21(9-11-22)18-27-19-24(17-23(27)28)12-15-26(16-13-24)14-4-7-20-5-2-1-3-6-20/h1-3,5-6,8-11H,4,7,12-19H2. The van der Waals surface area contributed by atoms with E-state index in [1.165, 1.54) is 24.1 Å². The van der Waals surface area contributed by atoms with Gasteiger partial charge in [-0.25, -0.2) is 4.39 Å². The number of carbonyl (C=O) groups is 1. The maximum atomic E-state index is 13.1. The van der Waals surface area contributed by atoms with Crippen molar-refractivity contribution in [3.05, 3.63) is 71.5 Å². The summed E-state index contributed by atoms with van der Waals surface area (Å²) in [6.45, 7) is 4.76. The third-order valence-electron chi connectivity index (χ3n) is 6.39. The van der Waals surface area contributed by atoms with Gasteiger partial charge in [-0.05, 0) is 74.0 Å². The summed E-state index contributed by atoms with van der Waals surface area (Å²) in [5, 5.41) is 0. The number of halogens is 1. The molecule has 0 aromatic heterocycles. The highest BCUT2D eigenvalue weighted by molar-refractivity contribution is 5.79. The number of aryl methyl sites for hydroxylation is 1. The number of hydrogen-bond donors (Lipinski definition) is 0. The van der Waals surface area contributed by atoms with Gasteiger partial charge in [0.1, 0.15) is 5.82 Å². The molecular weight excluding hydrogens is 351 g/mol. The first kappa shape index (κ1) is 19.1. The van der Waals surface area contributed by atoms with Crippen LogP contribution < -0.4 is 0 Å². The zero-order chi connectivity index (χ0) is 19.4. The second kappa shape index (κ2) is 8.44. The van der Waals surface area contributed by atoms with E-state index in [0.29, 0.717) is 13.0 Å². The molecule has 4 heteroatoms. The molecule has 2 heterocycles. The van der Waals surface area contributed by atoms with Gasteiger partial charge in [-0.2, -0.15) is 0 Å². The van der Waals surface area contributed by atoms with Crippen molar-refractivity contribution in [1.29, 1.82) is 0 Å². The minimum Gasteiger partial charge on any atom is -0.338 e. The molecule has 3 nitrogen and oxygen atoms in total. The van der Waals surface area contributed by atoms with Gasteiger partial charge in [0.05, 0.1) is 0 Å². The van der Waals surface area contributed by atoms with Crippen molar-refractivity contribution in [3.8, 4) is 0 Å². The van der Waals surface area contributed by atoms with E-state index in [-0.39, 0.29) is 17.1 Å². The molecule has 1 spiro atoms. The number of hydrogen-bond acceptors (Lipinski definition) is 2. The number of likely N-dealkylation sites (tertiary alicyclic amines) is 2. The zero-order valence-electron chi connectivity index (χ0n) is 16.4. The van der Waals surface area contributed by atoms with E-state index in [4.69, 9.17) is 0 Å². The van der Waals surface area contributed by atoms with Gasteiger partial charge in [-0.1, -0.05) is 42.5 Å². The summed E-state index contributed by atoms with van der Waals surface area (Å²) in [5.74, 6) is 0.0226. The predicted molar refractivity (Wildman–Crippen MR) is 109 cm³/mol. The van der Waals surface area contributed by atoms with Crippen molar-refractivity contribution < 1.29 is 9.18 Å². The lowest BCUT2D eigenvalue weighted by Crippen LogP contribution is -2.41. The Morgan fingerprint density at radius 3 is 2.36 bits per heavy atom. The van der Waals surface area contributed by atoms with Crippen LogP contribution in [0, 0.1) is 11.2 Å². The summed E-state index contributed by atoms with van der Waals surface area (Å²) in [6.07, 6.45) is 5.19. The molecule has 2 aromatic carbocycles. The summed E-state index contributed by atoms with van der Waals surface area (Å²) in [7, 11) is 0. The Morgan fingerprint density at radius 2 is 1.64 bits per heavy atom. The molecule has 1 amide bonds. The molecule has 0 radical (unpaired) electrons. The zero-order valence-corrected chi connectivity index (χ0v) is 16.4. The quantitative estimate of drug-likeness (QED) is 0.747. The van der Waals surface area contributed by atoms with Crippen LogP contribution in [0.3, 0.4) is 0 Å². The highest BCUT2D eigenvalue weighted by Gasteiger charge is 2.44. The number of benzene rings is 2. The Balaban J connectivity index is 1.24. The minimum atomic E-state index is -0.229. The van der Waals surface area contributed by atoms with Gasteiger partial charge in [0.25, 0.3) is 0 Å². The average Bonchev–Trinajstić information content (AvgIpc) is 3.01. The fraction of sp³-hybridized carbons (Fsp3) is 0.458. The molecule has 2 aliphatic heterocycles. The van der Waals surface area contributed by atoms with Gasteiger partial charge >= 0.3 is 0 Å². The smallest absolute Gasteiger partial charge is 0.223 e. The fourth-order valence-electron chi connectivity index (χ4n) is 4.67. The van der Waals surface area contributed by atoms with Crippen LogP contribution >= 0.6 is 0 Å². The minimum absolute atomic E-state index is 0.146. The molecule has 0 unspecified atom stereocenters. The van der Waals surface area contributed by atoms with Crippen LogP contribution in [0.1, 0.15) is 36.8 Å². The molecular formula is C24H29FN2O. The molecule has 4 rings (SSSR count). The maximum absolute atomic E-state index is 13.1. The Kier molecular flexibility index (Phi) is 5.77. The van der Waals surface area contributed by atoms with Gasteiger partial charge in [-0.15, -0.1) is 0 Å². The SMILES string of the molecule is O=C1CC2(CCN(CCCc3ccccc3)CC2)CN1Cc1ccc(F)cc1. The lowest BCUT2D eigenvalue weighted by Gasteiger charge is -2.38. The number of carbonyl (C=O) groups excluding carboxylic acids is 1. The monoisotopic (exact) mass is 380 g/mol. The number of nitrogens with zero attached hydrogens (tertiary/aromatic N) is 2. The van der Waals surface area contributed by atoms with Crippen LogP contribution in [0.4, 0.5) is 4.39 Å². The van der Waals surface area contributed by atoms with Crippen LogP contribution in [0.25, 0.3) is 0 Å². The number of amides is 1. The van der Waals surface area contributed by atoms with E-state index < -0.39 is 0 Å². The molecule has 148 valence electrons. The van der Waals surface area contributed by atoms with Crippen LogP contribution in [0.2, 0.25) is 0 Å². The summed E-state index contributed by atoms with van der Waals surface area (Å²) in [4.78, 5) is 17.1. The van der Waals surface area contributed by atoms with Crippen molar-refractivity contribution in [3.63, 3.8) is 0 Å². The van der Waals surface area contributed by atoms with Crippen molar-refractivity contribution in [1.82, 2.24) is 9.80 Å². The lowest BCUT2D eigenvalue weighted by atomic mass is 9.77. The highest BCUT2D eigenvalue weighted by Crippen LogP contribution is 2.41. The largest absolute Gasteiger partial charge is 0.338 e. The van der Waals surface area contributed by atoms with Crippen molar-refractivity contribution in [2.45, 2.75) is 38.6 Å². The Bertz CT molecular complexity index is 782. The number of piperidine rings is 1. The van der Waals surface area contributed by atoms with E-state index in [1.807, 2.05) is 4.90 Å². The lowest BCUT2D eigenvalue weighted by molar-refractivity contribution is -0.128. The summed E-state index contributed by atoms with van der Waals surface area (Å²) < 4.78 is 13.1. The maximum Gasteiger partial charge on any atom is 0.223 e. The van der Waals surface area contributed by atoms with Gasteiger partial charge in [0, 0.05) is 19.5 Å². The molecule has 0 saturated carbocycles. The highest BCUT2D eigenvalue weighted by atomic mass is 19.1. The van der Waals surface area contributed by atoms with E-state index in [2.05, 4.69) is 35.2 Å². The summed E-state index contributed by atoms with van der Waals surface area (Å²) in [5.41, 5.74) is 2.56. The average molecular weight is 381 g/mol. The predicted octanol–water partition coefficient (Wildman–Crippen LogP) is 4.27. The first-order chi connectivity index (χ1) is 13.6. The first-order valence-electron chi connectivity index (χ1n) is 10.4. The molecule has 2 fully saturated rings. The van der Waals surface area contributed by atoms with Crippen molar-refractivity contribution in [2.75, 3.05) is 26.2 Å². The third kappa shape index (κ3) is 4.61. The van der Waals surface area contributed by atoms with Crippen LogP contribution in [-0.2, 0) is 17.8 Å². The second-order valence-corrected chi connectivity index (χ2v) is 8.48. The van der Waals surface area contributed by atoms with E-state index in [1.54, 1.807) is 12.1 Å². The molecule has 0 N–H and O–H groups in total. The normalized spacial score (nSPS) is 19.5. The molecule has 0 atom stereocenters.